The second-order valence-electron chi connectivity index (χ2n) is 4.15. The van der Waals surface area contributed by atoms with E-state index in [1.54, 1.807) is 0 Å². The van der Waals surface area contributed by atoms with Crippen molar-refractivity contribution in [1.29, 1.82) is 0 Å². The van der Waals surface area contributed by atoms with Crippen LogP contribution >= 0.6 is 0 Å². The maximum Gasteiger partial charge on any atom is 0.306 e. The van der Waals surface area contributed by atoms with Crippen LogP contribution in [0.25, 0.3) is 0 Å². The first-order valence-electron chi connectivity index (χ1n) is 5.13. The first-order chi connectivity index (χ1) is 6.23. The van der Waals surface area contributed by atoms with Crippen molar-refractivity contribution in [2.45, 2.75) is 56.7 Å². The third-order valence-electron chi connectivity index (χ3n) is 3.23. The third kappa shape index (κ3) is 1.57. The summed E-state index contributed by atoms with van der Waals surface area (Å²) >= 11 is 0. The monoisotopic (exact) mass is 184 g/mol. The topological polar surface area (TPSA) is 46.5 Å². The molecule has 0 aromatic rings. The number of aliphatic hydroxyl groups excluding tert-OH is 1. The largest absolute Gasteiger partial charge is 0.456 e. The summed E-state index contributed by atoms with van der Waals surface area (Å²) in [5, 5.41) is 9.82. The highest BCUT2D eigenvalue weighted by atomic mass is 16.6. The van der Waals surface area contributed by atoms with Crippen molar-refractivity contribution in [1.82, 2.24) is 0 Å². The van der Waals surface area contributed by atoms with Gasteiger partial charge in [0, 0.05) is 6.42 Å². The van der Waals surface area contributed by atoms with Crippen LogP contribution in [0.3, 0.4) is 0 Å². The standard InChI is InChI=1S/C10H16O3/c11-8-4-1-2-6-10(8)7-3-5-9(12)13-10/h8,11H,1-7H2. The molecule has 1 saturated carbocycles. The number of hydrogen-bond donors (Lipinski definition) is 1. The van der Waals surface area contributed by atoms with Crippen LogP contribution in [0.4, 0.5) is 0 Å². The fourth-order valence-electron chi connectivity index (χ4n) is 2.46. The first kappa shape index (κ1) is 9.00. The van der Waals surface area contributed by atoms with Crippen LogP contribution in [-0.4, -0.2) is 22.8 Å². The van der Waals surface area contributed by atoms with E-state index in [0.717, 1.165) is 38.5 Å². The van der Waals surface area contributed by atoms with Gasteiger partial charge in [-0.05, 0) is 32.1 Å². The smallest absolute Gasteiger partial charge is 0.306 e. The highest BCUT2D eigenvalue weighted by Gasteiger charge is 2.44. The zero-order valence-corrected chi connectivity index (χ0v) is 7.79. The van der Waals surface area contributed by atoms with Crippen LogP contribution in [0.5, 0.6) is 0 Å². The van der Waals surface area contributed by atoms with E-state index in [1.165, 1.54) is 0 Å². The molecule has 1 saturated heterocycles. The van der Waals surface area contributed by atoms with Crippen molar-refractivity contribution < 1.29 is 14.6 Å². The van der Waals surface area contributed by atoms with Crippen molar-refractivity contribution in [2.24, 2.45) is 0 Å². The Balaban J connectivity index is 2.11. The summed E-state index contributed by atoms with van der Waals surface area (Å²) in [6.45, 7) is 0. The van der Waals surface area contributed by atoms with Crippen molar-refractivity contribution in [3.8, 4) is 0 Å². The number of ether oxygens (including phenoxy) is 1. The van der Waals surface area contributed by atoms with Gasteiger partial charge in [0.25, 0.3) is 0 Å². The van der Waals surface area contributed by atoms with Crippen LogP contribution in [0.1, 0.15) is 44.9 Å². The molecule has 3 heteroatoms. The van der Waals surface area contributed by atoms with Gasteiger partial charge in [-0.2, -0.15) is 0 Å². The molecule has 3 nitrogen and oxygen atoms in total. The molecule has 0 aromatic carbocycles. The summed E-state index contributed by atoms with van der Waals surface area (Å²) in [7, 11) is 0. The lowest BCUT2D eigenvalue weighted by Gasteiger charge is -2.43. The minimum atomic E-state index is -0.506. The molecule has 74 valence electrons. The molecular formula is C10H16O3. The van der Waals surface area contributed by atoms with Gasteiger partial charge in [0.2, 0.25) is 0 Å². The Morgan fingerprint density at radius 2 is 2.08 bits per heavy atom. The molecule has 1 aliphatic carbocycles. The molecule has 1 spiro atoms. The maximum atomic E-state index is 11.1. The molecule has 2 fully saturated rings. The molecular weight excluding hydrogens is 168 g/mol. The fourth-order valence-corrected chi connectivity index (χ4v) is 2.46. The summed E-state index contributed by atoms with van der Waals surface area (Å²) in [5.41, 5.74) is -0.506. The van der Waals surface area contributed by atoms with E-state index in [9.17, 15) is 9.90 Å². The Morgan fingerprint density at radius 3 is 2.77 bits per heavy atom. The minimum Gasteiger partial charge on any atom is -0.456 e. The molecule has 0 amide bonds. The number of carbonyl (C=O) groups excluding carboxylic acids is 1. The molecule has 0 radical (unpaired) electrons. The lowest BCUT2D eigenvalue weighted by molar-refractivity contribution is -0.190. The van der Waals surface area contributed by atoms with E-state index in [-0.39, 0.29) is 5.97 Å². The summed E-state index contributed by atoms with van der Waals surface area (Å²) in [4.78, 5) is 11.1. The van der Waals surface area contributed by atoms with E-state index < -0.39 is 11.7 Å². The molecule has 1 heterocycles. The van der Waals surface area contributed by atoms with Gasteiger partial charge in [-0.1, -0.05) is 6.42 Å². The Kier molecular flexibility index (Phi) is 2.28. The quantitative estimate of drug-likeness (QED) is 0.579. The zero-order valence-electron chi connectivity index (χ0n) is 7.79. The molecule has 0 bridgehead atoms. The van der Waals surface area contributed by atoms with Crippen molar-refractivity contribution in [3.05, 3.63) is 0 Å². The summed E-state index contributed by atoms with van der Waals surface area (Å²) in [6.07, 6.45) is 5.58. The molecule has 2 unspecified atom stereocenters. The van der Waals surface area contributed by atoms with Crippen molar-refractivity contribution in [3.63, 3.8) is 0 Å². The number of hydrogen-bond acceptors (Lipinski definition) is 3. The Labute approximate surface area is 78.1 Å². The predicted octanol–water partition coefficient (Wildman–Crippen LogP) is 1.39. The minimum absolute atomic E-state index is 0.132. The number of esters is 1. The van der Waals surface area contributed by atoms with Gasteiger partial charge in [-0.25, -0.2) is 0 Å². The average Bonchev–Trinajstić information content (AvgIpc) is 2.11. The van der Waals surface area contributed by atoms with Gasteiger partial charge in [0.05, 0.1) is 6.10 Å². The Morgan fingerprint density at radius 1 is 1.31 bits per heavy atom. The number of rotatable bonds is 0. The van der Waals surface area contributed by atoms with Crippen LogP contribution in [-0.2, 0) is 9.53 Å². The molecule has 2 atom stereocenters. The lowest BCUT2D eigenvalue weighted by Crippen LogP contribution is -2.50. The highest BCUT2D eigenvalue weighted by Crippen LogP contribution is 2.38. The van der Waals surface area contributed by atoms with Gasteiger partial charge >= 0.3 is 5.97 Å². The fraction of sp³-hybridized carbons (Fsp3) is 0.900. The second kappa shape index (κ2) is 3.29. The lowest BCUT2D eigenvalue weighted by atomic mass is 9.77. The highest BCUT2D eigenvalue weighted by molar-refractivity contribution is 5.70. The number of aliphatic hydroxyl groups is 1. The summed E-state index contributed by atoms with van der Waals surface area (Å²) < 4.78 is 5.34. The molecule has 1 N–H and O–H groups in total. The zero-order chi connectivity index (χ0) is 9.31. The van der Waals surface area contributed by atoms with Crippen LogP contribution in [0.2, 0.25) is 0 Å². The SMILES string of the molecule is O=C1CCCC2(CCCCC2O)O1. The van der Waals surface area contributed by atoms with Crippen LogP contribution < -0.4 is 0 Å². The maximum absolute atomic E-state index is 11.1. The normalized spacial score (nSPS) is 40.4. The van der Waals surface area contributed by atoms with Gasteiger partial charge in [0.1, 0.15) is 5.60 Å². The van der Waals surface area contributed by atoms with E-state index in [4.69, 9.17) is 4.74 Å². The number of carbonyl (C=O) groups is 1. The van der Waals surface area contributed by atoms with E-state index in [2.05, 4.69) is 0 Å². The van der Waals surface area contributed by atoms with Crippen LogP contribution in [0.15, 0.2) is 0 Å². The second-order valence-corrected chi connectivity index (χ2v) is 4.15. The van der Waals surface area contributed by atoms with Crippen LogP contribution in [0, 0.1) is 0 Å². The average molecular weight is 184 g/mol. The summed E-state index contributed by atoms with van der Waals surface area (Å²) in [5.74, 6) is -0.132. The third-order valence-corrected chi connectivity index (χ3v) is 3.23. The van der Waals surface area contributed by atoms with Crippen molar-refractivity contribution in [2.75, 3.05) is 0 Å². The van der Waals surface area contributed by atoms with E-state index in [0.29, 0.717) is 6.42 Å². The molecule has 13 heavy (non-hydrogen) atoms. The Bertz CT molecular complexity index is 210. The first-order valence-corrected chi connectivity index (χ1v) is 5.13. The Hall–Kier alpha value is -0.570. The predicted molar refractivity (Wildman–Crippen MR) is 47.1 cm³/mol. The van der Waals surface area contributed by atoms with E-state index >= 15 is 0 Å². The van der Waals surface area contributed by atoms with Crippen molar-refractivity contribution >= 4 is 5.97 Å². The van der Waals surface area contributed by atoms with Gasteiger partial charge in [-0.3, -0.25) is 4.79 Å². The molecule has 2 aliphatic rings. The van der Waals surface area contributed by atoms with Gasteiger partial charge in [-0.15, -0.1) is 0 Å². The molecule has 0 aromatic heterocycles. The summed E-state index contributed by atoms with van der Waals surface area (Å²) in [6, 6.07) is 0. The molecule has 1 aliphatic heterocycles. The van der Waals surface area contributed by atoms with E-state index in [1.807, 2.05) is 0 Å². The van der Waals surface area contributed by atoms with Gasteiger partial charge in [0.15, 0.2) is 0 Å². The molecule has 2 rings (SSSR count). The van der Waals surface area contributed by atoms with Gasteiger partial charge < -0.3 is 9.84 Å².